The molecule has 0 radical (unpaired) electrons. The van der Waals surface area contributed by atoms with Gasteiger partial charge >= 0.3 is 5.97 Å². The molecule has 0 fully saturated rings. The van der Waals surface area contributed by atoms with Crippen LogP contribution < -0.4 is 10.6 Å². The van der Waals surface area contributed by atoms with Crippen LogP contribution >= 0.6 is 0 Å². The summed E-state index contributed by atoms with van der Waals surface area (Å²) in [5.74, 6) is -1.65. The first-order valence-corrected chi connectivity index (χ1v) is 13.1. The van der Waals surface area contributed by atoms with E-state index in [4.69, 9.17) is 4.74 Å². The quantitative estimate of drug-likeness (QED) is 0.153. The molecule has 2 amide bonds. The highest BCUT2D eigenvalue weighted by molar-refractivity contribution is 5.86. The molecule has 0 spiro atoms. The predicted molar refractivity (Wildman–Crippen MR) is 149 cm³/mol. The van der Waals surface area contributed by atoms with E-state index in [0.717, 1.165) is 24.0 Å². The van der Waals surface area contributed by atoms with Crippen LogP contribution in [0.4, 0.5) is 0 Å². The number of allylic oxidation sites excluding steroid dienone is 2. The number of hydrogen-bond donors (Lipinski definition) is 3. The zero-order chi connectivity index (χ0) is 27.6. The minimum Gasteiger partial charge on any atom is -0.463 e. The lowest BCUT2D eigenvalue weighted by Crippen LogP contribution is -2.42. The van der Waals surface area contributed by atoms with Crippen molar-refractivity contribution in [3.8, 4) is 0 Å². The first-order chi connectivity index (χ1) is 18.5. The number of ether oxygens (including phenoxy) is 1. The number of aliphatic hydroxyl groups excluding tert-OH is 1. The van der Waals surface area contributed by atoms with E-state index in [1.165, 1.54) is 0 Å². The van der Waals surface area contributed by atoms with Crippen LogP contribution in [0.2, 0.25) is 0 Å². The van der Waals surface area contributed by atoms with E-state index >= 15 is 0 Å². The highest BCUT2D eigenvalue weighted by atomic mass is 16.5. The monoisotopic (exact) mass is 520 g/mol. The van der Waals surface area contributed by atoms with Gasteiger partial charge in [-0.15, -0.1) is 13.2 Å². The minimum atomic E-state index is -0.663. The number of carbonyl (C=O) groups is 3. The van der Waals surface area contributed by atoms with E-state index in [-0.39, 0.29) is 37.4 Å². The summed E-state index contributed by atoms with van der Waals surface area (Å²) >= 11 is 0. The number of hydrogen-bond acceptors (Lipinski definition) is 5. The number of nitrogens with one attached hydrogen (secondary N) is 2. The Bertz CT molecular complexity index is 1010. The van der Waals surface area contributed by atoms with Gasteiger partial charge in [0.25, 0.3) is 0 Å². The highest BCUT2D eigenvalue weighted by Crippen LogP contribution is 2.18. The molecule has 0 saturated carbocycles. The largest absolute Gasteiger partial charge is 0.463 e. The molecule has 0 saturated heterocycles. The summed E-state index contributed by atoms with van der Waals surface area (Å²) in [5, 5.41) is 15.5. The molecule has 204 valence electrons. The number of unbranched alkanes of at least 4 members (excludes halogenated alkanes) is 2. The smallest absolute Gasteiger partial charge is 0.305 e. The van der Waals surface area contributed by atoms with Crippen LogP contribution in [0, 0.1) is 5.92 Å². The van der Waals surface area contributed by atoms with Gasteiger partial charge in [-0.25, -0.2) is 0 Å². The lowest BCUT2D eigenvalue weighted by Gasteiger charge is -2.23. The molecule has 0 unspecified atom stereocenters. The van der Waals surface area contributed by atoms with Gasteiger partial charge < -0.3 is 20.5 Å². The second kappa shape index (κ2) is 17.7. The second-order valence-corrected chi connectivity index (χ2v) is 9.25. The van der Waals surface area contributed by atoms with Gasteiger partial charge in [0.2, 0.25) is 11.8 Å². The van der Waals surface area contributed by atoms with E-state index in [0.29, 0.717) is 25.7 Å². The van der Waals surface area contributed by atoms with Gasteiger partial charge in [0.1, 0.15) is 6.61 Å². The SMILES string of the molecule is C=CCCCCC(=O)OC[C@@H](NC(=O)[C@@H](CC=C)CC(=O)N[C@@H](CO)Cc1ccccc1)c1ccccc1. The number of benzene rings is 2. The molecule has 2 aromatic rings. The highest BCUT2D eigenvalue weighted by Gasteiger charge is 2.25. The topological polar surface area (TPSA) is 105 Å². The standard InChI is InChI=1S/C31H40N2O5/c1-3-5-6-13-19-30(36)38-23-28(25-17-11-8-12-18-25)33-31(37)26(14-4-2)21-29(35)32-27(22-34)20-24-15-9-7-10-16-24/h3-4,7-12,15-18,26-28,34H,1-2,5-6,13-14,19-23H2,(H,32,35)(H,33,37)/t26-,27+,28+/m0/s1. The van der Waals surface area contributed by atoms with Crippen molar-refractivity contribution < 1.29 is 24.2 Å². The van der Waals surface area contributed by atoms with E-state index < -0.39 is 18.0 Å². The number of esters is 1. The molecule has 0 aliphatic heterocycles. The zero-order valence-electron chi connectivity index (χ0n) is 22.0. The molecule has 7 heteroatoms. The second-order valence-electron chi connectivity index (χ2n) is 9.25. The minimum absolute atomic E-state index is 0.00723. The maximum Gasteiger partial charge on any atom is 0.305 e. The van der Waals surface area contributed by atoms with Crippen molar-refractivity contribution in [3.63, 3.8) is 0 Å². The van der Waals surface area contributed by atoms with Gasteiger partial charge in [0, 0.05) is 12.8 Å². The van der Waals surface area contributed by atoms with Crippen LogP contribution in [0.1, 0.15) is 55.7 Å². The summed E-state index contributed by atoms with van der Waals surface area (Å²) in [6.45, 7) is 7.19. The lowest BCUT2D eigenvalue weighted by atomic mass is 9.98. The average molecular weight is 521 g/mol. The molecule has 0 bridgehead atoms. The molecular formula is C31H40N2O5. The Balaban J connectivity index is 1.99. The fourth-order valence-electron chi connectivity index (χ4n) is 4.06. The Kier molecular flexibility index (Phi) is 14.2. The van der Waals surface area contributed by atoms with Crippen molar-refractivity contribution in [3.05, 3.63) is 97.1 Å². The third-order valence-electron chi connectivity index (χ3n) is 6.13. The molecule has 7 nitrogen and oxygen atoms in total. The Labute approximate surface area is 226 Å². The number of carbonyl (C=O) groups excluding carboxylic acids is 3. The van der Waals surface area contributed by atoms with Crippen LogP contribution in [-0.4, -0.2) is 42.1 Å². The van der Waals surface area contributed by atoms with Gasteiger partial charge in [0.15, 0.2) is 0 Å². The van der Waals surface area contributed by atoms with Crippen LogP contribution in [0.15, 0.2) is 86.0 Å². The molecule has 0 aliphatic rings. The Morgan fingerprint density at radius 3 is 2.24 bits per heavy atom. The van der Waals surface area contributed by atoms with Crippen LogP contribution in [0.25, 0.3) is 0 Å². The first kappa shape index (κ1) is 30.5. The number of aliphatic hydroxyl groups is 1. The molecule has 2 aromatic carbocycles. The summed E-state index contributed by atoms with van der Waals surface area (Å²) in [6.07, 6.45) is 6.87. The fraction of sp³-hybridized carbons (Fsp3) is 0.387. The van der Waals surface area contributed by atoms with Crippen molar-refractivity contribution in [1.82, 2.24) is 10.6 Å². The third kappa shape index (κ3) is 11.6. The van der Waals surface area contributed by atoms with Crippen molar-refractivity contribution in [2.24, 2.45) is 5.92 Å². The molecular weight excluding hydrogens is 480 g/mol. The molecule has 0 aliphatic carbocycles. The first-order valence-electron chi connectivity index (χ1n) is 13.1. The average Bonchev–Trinajstić information content (AvgIpc) is 2.93. The Hall–Kier alpha value is -3.71. The summed E-state index contributed by atoms with van der Waals surface area (Å²) in [7, 11) is 0. The molecule has 0 heterocycles. The third-order valence-corrected chi connectivity index (χ3v) is 6.13. The Morgan fingerprint density at radius 2 is 1.61 bits per heavy atom. The van der Waals surface area contributed by atoms with E-state index in [9.17, 15) is 19.5 Å². The molecule has 38 heavy (non-hydrogen) atoms. The van der Waals surface area contributed by atoms with Gasteiger partial charge in [-0.2, -0.15) is 0 Å². The normalized spacial score (nSPS) is 13.0. The van der Waals surface area contributed by atoms with Crippen molar-refractivity contribution in [1.29, 1.82) is 0 Å². The van der Waals surface area contributed by atoms with Crippen LogP contribution in [0.3, 0.4) is 0 Å². The van der Waals surface area contributed by atoms with E-state index in [2.05, 4.69) is 23.8 Å². The van der Waals surface area contributed by atoms with Crippen molar-refractivity contribution in [2.75, 3.05) is 13.2 Å². The summed E-state index contributed by atoms with van der Waals surface area (Å²) in [6, 6.07) is 17.8. The van der Waals surface area contributed by atoms with Gasteiger partial charge in [0.05, 0.1) is 24.6 Å². The lowest BCUT2D eigenvalue weighted by molar-refractivity contribution is -0.145. The van der Waals surface area contributed by atoms with E-state index in [1.54, 1.807) is 6.08 Å². The van der Waals surface area contributed by atoms with Gasteiger partial charge in [-0.1, -0.05) is 72.8 Å². The molecule has 0 aromatic heterocycles. The summed E-state index contributed by atoms with van der Waals surface area (Å²) in [5.41, 5.74) is 1.79. The number of amides is 2. The zero-order valence-corrected chi connectivity index (χ0v) is 22.0. The summed E-state index contributed by atoms with van der Waals surface area (Å²) < 4.78 is 5.48. The van der Waals surface area contributed by atoms with E-state index in [1.807, 2.05) is 66.7 Å². The Morgan fingerprint density at radius 1 is 0.921 bits per heavy atom. The molecule has 2 rings (SSSR count). The van der Waals surface area contributed by atoms with Crippen LogP contribution in [0.5, 0.6) is 0 Å². The fourth-order valence-corrected chi connectivity index (χ4v) is 4.06. The van der Waals surface area contributed by atoms with Crippen molar-refractivity contribution >= 4 is 17.8 Å². The molecule has 3 N–H and O–H groups in total. The van der Waals surface area contributed by atoms with Crippen molar-refractivity contribution in [2.45, 2.75) is 57.0 Å². The van der Waals surface area contributed by atoms with Gasteiger partial charge in [-0.3, -0.25) is 14.4 Å². The maximum atomic E-state index is 13.2. The predicted octanol–water partition coefficient (Wildman–Crippen LogP) is 4.44. The van der Waals surface area contributed by atoms with Crippen LogP contribution in [-0.2, 0) is 25.5 Å². The maximum absolute atomic E-state index is 13.2. The molecule has 3 atom stereocenters. The number of rotatable bonds is 18. The summed E-state index contributed by atoms with van der Waals surface area (Å²) in [4.78, 5) is 38.3. The van der Waals surface area contributed by atoms with Gasteiger partial charge in [-0.05, 0) is 43.2 Å².